The molecule has 0 spiro atoms. The van der Waals surface area contributed by atoms with Crippen LogP contribution < -0.4 is 0 Å². The van der Waals surface area contributed by atoms with Crippen molar-refractivity contribution in [1.82, 2.24) is 9.91 Å². The third kappa shape index (κ3) is 2.54. The van der Waals surface area contributed by atoms with Crippen LogP contribution in [0.3, 0.4) is 0 Å². The van der Waals surface area contributed by atoms with Crippen molar-refractivity contribution in [1.29, 1.82) is 0 Å². The van der Waals surface area contributed by atoms with Gasteiger partial charge in [0.15, 0.2) is 0 Å². The van der Waals surface area contributed by atoms with Crippen LogP contribution in [-0.4, -0.2) is 36.5 Å². The van der Waals surface area contributed by atoms with Crippen LogP contribution in [0, 0.1) is 0 Å². The SMILES string of the molecule is CC1N(C)[C-]=NN1C.[Au].[SH-]. The number of rotatable bonds is 0. The molecular weight excluding hydrogens is 331 g/mol. The van der Waals surface area contributed by atoms with Gasteiger partial charge in [0.2, 0.25) is 0 Å². The van der Waals surface area contributed by atoms with Crippen molar-refractivity contribution in [2.45, 2.75) is 13.1 Å². The van der Waals surface area contributed by atoms with E-state index in [9.17, 15) is 0 Å². The van der Waals surface area contributed by atoms with Gasteiger partial charge in [0.05, 0.1) is 6.17 Å². The predicted octanol–water partition coefficient (Wildman–Crippen LogP) is -0.243. The maximum absolute atomic E-state index is 3.91. The van der Waals surface area contributed by atoms with Crippen molar-refractivity contribution >= 4 is 19.8 Å². The quantitative estimate of drug-likeness (QED) is 0.262. The van der Waals surface area contributed by atoms with E-state index in [2.05, 4.69) is 18.4 Å². The topological polar surface area (TPSA) is 18.8 Å². The first kappa shape index (κ1) is 13.0. The average molecular weight is 342 g/mol. The van der Waals surface area contributed by atoms with E-state index >= 15 is 0 Å². The van der Waals surface area contributed by atoms with Gasteiger partial charge < -0.3 is 28.5 Å². The van der Waals surface area contributed by atoms with Gasteiger partial charge in [0.1, 0.15) is 0 Å². The molecule has 3 nitrogen and oxygen atoms in total. The molecule has 1 atom stereocenters. The fourth-order valence-electron chi connectivity index (χ4n) is 0.559. The monoisotopic (exact) mass is 342 g/mol. The third-order valence-corrected chi connectivity index (χ3v) is 1.46. The van der Waals surface area contributed by atoms with E-state index in [4.69, 9.17) is 0 Å². The summed E-state index contributed by atoms with van der Waals surface area (Å²) in [6.45, 7) is 2.07. The van der Waals surface area contributed by atoms with Crippen LogP contribution >= 0.6 is 0 Å². The molecule has 0 aromatic rings. The van der Waals surface area contributed by atoms with Crippen molar-refractivity contribution in [2.24, 2.45) is 5.10 Å². The number of hydrogen-bond acceptors (Lipinski definition) is 4. The maximum Gasteiger partial charge on any atom is 0.0827 e. The Morgan fingerprint density at radius 3 is 2.00 bits per heavy atom. The molecule has 1 aliphatic rings. The van der Waals surface area contributed by atoms with E-state index in [1.54, 1.807) is 0 Å². The zero-order valence-electron chi connectivity index (χ0n) is 6.17. The molecule has 1 heterocycles. The second-order valence-electron chi connectivity index (χ2n) is 2.02. The van der Waals surface area contributed by atoms with Crippen LogP contribution in [0.15, 0.2) is 5.10 Å². The van der Waals surface area contributed by atoms with Gasteiger partial charge in [-0.1, -0.05) is 0 Å². The standard InChI is InChI=1S/C5H10N3.Au.H2S/c1-5-7(2)4-6-8(5)3;;/h5H,1-3H3;;1H2/q-1;;/p-1. The first-order chi connectivity index (χ1) is 3.72. The van der Waals surface area contributed by atoms with Gasteiger partial charge >= 0.3 is 0 Å². The molecule has 0 amide bonds. The Balaban J connectivity index is 0. The van der Waals surface area contributed by atoms with Gasteiger partial charge in [-0.2, -0.15) is 0 Å². The first-order valence-electron chi connectivity index (χ1n) is 2.64. The summed E-state index contributed by atoms with van der Waals surface area (Å²) >= 11 is 0. The minimum atomic E-state index is 0. The molecule has 0 N–H and O–H groups in total. The summed E-state index contributed by atoms with van der Waals surface area (Å²) in [7, 11) is 3.89. The van der Waals surface area contributed by atoms with E-state index in [0.717, 1.165) is 0 Å². The smallest absolute Gasteiger partial charge is 0.0827 e. The van der Waals surface area contributed by atoms with Crippen molar-refractivity contribution in [3.8, 4) is 0 Å². The van der Waals surface area contributed by atoms with Crippen LogP contribution in [0.5, 0.6) is 0 Å². The average Bonchev–Trinajstić information content (AvgIpc) is 1.98. The Morgan fingerprint density at radius 1 is 1.40 bits per heavy atom. The van der Waals surface area contributed by atoms with E-state index < -0.39 is 0 Å². The Bertz CT molecular complexity index is 107. The molecule has 0 aromatic carbocycles. The number of hydrazone groups is 1. The second-order valence-corrected chi connectivity index (χ2v) is 2.02. The van der Waals surface area contributed by atoms with Crippen molar-refractivity contribution in [3.05, 3.63) is 0 Å². The number of hydrogen-bond donors (Lipinski definition) is 0. The molecule has 1 rings (SSSR count). The van der Waals surface area contributed by atoms with Gasteiger partial charge in [-0.05, 0) is 14.0 Å². The molecule has 1 aliphatic heterocycles. The van der Waals surface area contributed by atoms with Gasteiger partial charge in [-0.15, -0.1) is 0 Å². The summed E-state index contributed by atoms with van der Waals surface area (Å²) in [6.07, 6.45) is 3.17. The second kappa shape index (κ2) is 5.07. The summed E-state index contributed by atoms with van der Waals surface area (Å²) in [4.78, 5) is 1.93. The van der Waals surface area contributed by atoms with Gasteiger partial charge in [0.25, 0.3) is 0 Å². The molecule has 5 heteroatoms. The van der Waals surface area contributed by atoms with Crippen LogP contribution in [0.4, 0.5) is 0 Å². The third-order valence-electron chi connectivity index (χ3n) is 1.46. The summed E-state index contributed by atoms with van der Waals surface area (Å²) in [5, 5.41) is 5.77. The Kier molecular flexibility index (Phi) is 6.58. The van der Waals surface area contributed by atoms with E-state index in [0.29, 0.717) is 6.17 Å². The van der Waals surface area contributed by atoms with Gasteiger partial charge in [-0.25, -0.2) is 0 Å². The minimum Gasteiger partial charge on any atom is -0.813 e. The van der Waals surface area contributed by atoms with Crippen LogP contribution in [0.25, 0.3) is 0 Å². The number of thiol groups is 1. The van der Waals surface area contributed by atoms with Crippen molar-refractivity contribution in [2.75, 3.05) is 14.1 Å². The first-order valence-corrected chi connectivity index (χ1v) is 2.64. The predicted molar refractivity (Wildman–Crippen MR) is 41.2 cm³/mol. The Labute approximate surface area is 84.4 Å². The molecule has 0 bridgehead atoms. The van der Waals surface area contributed by atoms with E-state index in [1.165, 1.54) is 0 Å². The molecule has 0 aromatic heterocycles. The number of nitrogens with zero attached hydrogens (tertiary/aromatic N) is 3. The molecule has 1 radical (unpaired) electrons. The van der Waals surface area contributed by atoms with Crippen molar-refractivity contribution < 1.29 is 22.4 Å². The van der Waals surface area contributed by atoms with Gasteiger partial charge in [0, 0.05) is 29.4 Å². The van der Waals surface area contributed by atoms with E-state index in [1.807, 2.05) is 24.0 Å². The minimum absolute atomic E-state index is 0. The molecular formula is C5H11AuN3S-2. The molecule has 1 unspecified atom stereocenters. The van der Waals surface area contributed by atoms with Crippen LogP contribution in [0.1, 0.15) is 6.92 Å². The fourth-order valence-corrected chi connectivity index (χ4v) is 0.559. The van der Waals surface area contributed by atoms with Crippen molar-refractivity contribution in [3.63, 3.8) is 0 Å². The molecule has 0 saturated carbocycles. The summed E-state index contributed by atoms with van der Waals surface area (Å²) in [6, 6.07) is 0. The van der Waals surface area contributed by atoms with Crippen LogP contribution in [0.2, 0.25) is 0 Å². The zero-order valence-corrected chi connectivity index (χ0v) is 9.23. The molecule has 65 valence electrons. The van der Waals surface area contributed by atoms with Crippen LogP contribution in [-0.2, 0) is 35.9 Å². The maximum atomic E-state index is 3.91. The molecule has 10 heavy (non-hydrogen) atoms. The molecule has 0 aliphatic carbocycles. The normalized spacial score (nSPS) is 22.1. The Hall–Kier alpha value is 0.360. The van der Waals surface area contributed by atoms with Gasteiger partial charge in [-0.3, -0.25) is 6.34 Å². The summed E-state index contributed by atoms with van der Waals surface area (Å²) in [5.41, 5.74) is 0. The summed E-state index contributed by atoms with van der Waals surface area (Å²) < 4.78 is 0. The fraction of sp³-hybridized carbons (Fsp3) is 0.800. The molecule has 0 saturated heterocycles. The Morgan fingerprint density at radius 2 is 1.90 bits per heavy atom. The zero-order chi connectivity index (χ0) is 6.15. The summed E-state index contributed by atoms with van der Waals surface area (Å²) in [5.74, 6) is 0. The molecule has 0 fully saturated rings. The van der Waals surface area contributed by atoms with E-state index in [-0.39, 0.29) is 35.9 Å². The largest absolute Gasteiger partial charge is 0.813 e.